The standard InChI is InChI=1S/C39H39Cl4N3O4/c1-48-37(23-31(28-12-13-33(42)34(43)21-28)35(44-49-2)20-27-18-29(40)22-30(41)19-27)45-16-14-39(15-17-45)25-46(36-11-7-6-10-32(36)39)38(47)50-24-26-8-4-3-5-9-26/h3-13,18-19,21-22,31,37H,14-17,20,23-25H2,1-2H3. The Morgan fingerprint density at radius 1 is 0.840 bits per heavy atom. The highest BCUT2D eigenvalue weighted by molar-refractivity contribution is 6.42. The minimum absolute atomic E-state index is 0.186. The van der Waals surface area contributed by atoms with Crippen LogP contribution in [0.1, 0.15) is 47.4 Å². The van der Waals surface area contributed by atoms with E-state index >= 15 is 0 Å². The highest BCUT2D eigenvalue weighted by atomic mass is 35.5. The normalized spacial score (nSPS) is 17.0. The average Bonchev–Trinajstić information content (AvgIpc) is 3.43. The molecule has 0 bridgehead atoms. The Labute approximate surface area is 313 Å². The summed E-state index contributed by atoms with van der Waals surface area (Å²) in [5.74, 6) is -0.231. The average molecular weight is 756 g/mol. The zero-order valence-corrected chi connectivity index (χ0v) is 31.0. The number of carbonyl (C=O) groups is 1. The van der Waals surface area contributed by atoms with E-state index in [2.05, 4.69) is 22.2 Å². The zero-order chi connectivity index (χ0) is 35.3. The summed E-state index contributed by atoms with van der Waals surface area (Å²) in [4.78, 5) is 23.0. The van der Waals surface area contributed by atoms with Gasteiger partial charge in [-0.05, 0) is 77.9 Å². The molecule has 2 aliphatic rings. The van der Waals surface area contributed by atoms with Crippen molar-refractivity contribution in [3.8, 4) is 0 Å². The number of oxime groups is 1. The van der Waals surface area contributed by atoms with Gasteiger partial charge in [-0.15, -0.1) is 0 Å². The van der Waals surface area contributed by atoms with Crippen molar-refractivity contribution in [2.24, 2.45) is 5.16 Å². The molecule has 0 N–H and O–H groups in total. The highest BCUT2D eigenvalue weighted by Gasteiger charge is 2.47. The number of amides is 1. The third-order valence-corrected chi connectivity index (χ3v) is 11.0. The molecule has 1 fully saturated rings. The number of fused-ring (bicyclic) bond motifs is 2. The van der Waals surface area contributed by atoms with Crippen LogP contribution in [0.5, 0.6) is 0 Å². The second kappa shape index (κ2) is 16.4. The molecule has 1 spiro atoms. The quantitative estimate of drug-likeness (QED) is 0.113. The smallest absolute Gasteiger partial charge is 0.414 e. The fourth-order valence-electron chi connectivity index (χ4n) is 7.31. The number of likely N-dealkylation sites (tertiary alicyclic amines) is 1. The number of methoxy groups -OCH3 is 1. The lowest BCUT2D eigenvalue weighted by atomic mass is 9.74. The van der Waals surface area contributed by atoms with Gasteiger partial charge in [0.1, 0.15) is 19.9 Å². The molecule has 0 aliphatic carbocycles. The van der Waals surface area contributed by atoms with Gasteiger partial charge in [0, 0.05) is 54.5 Å². The number of rotatable bonds is 11. The van der Waals surface area contributed by atoms with E-state index < -0.39 is 0 Å². The number of piperidine rings is 1. The van der Waals surface area contributed by atoms with Crippen molar-refractivity contribution in [2.45, 2.75) is 49.9 Å². The van der Waals surface area contributed by atoms with E-state index in [1.165, 1.54) is 12.7 Å². The number of anilines is 1. The van der Waals surface area contributed by atoms with Gasteiger partial charge in [-0.2, -0.15) is 0 Å². The number of halogens is 4. The minimum Gasteiger partial charge on any atom is -0.444 e. The van der Waals surface area contributed by atoms with E-state index in [0.717, 1.165) is 54.0 Å². The SMILES string of the molecule is CON=C(Cc1cc(Cl)cc(Cl)c1)C(CC(OC)N1CCC2(CC1)CN(C(=O)OCc1ccccc1)c1ccccc12)c1ccc(Cl)c(Cl)c1. The Morgan fingerprint density at radius 2 is 1.54 bits per heavy atom. The van der Waals surface area contributed by atoms with Gasteiger partial charge >= 0.3 is 6.09 Å². The molecule has 50 heavy (non-hydrogen) atoms. The Hall–Kier alpha value is -3.30. The molecule has 0 saturated carbocycles. The maximum absolute atomic E-state index is 13.4. The van der Waals surface area contributed by atoms with Crippen LogP contribution in [0, 0.1) is 0 Å². The van der Waals surface area contributed by atoms with Crippen molar-refractivity contribution in [1.82, 2.24) is 4.90 Å². The van der Waals surface area contributed by atoms with E-state index in [1.54, 1.807) is 24.1 Å². The summed E-state index contributed by atoms with van der Waals surface area (Å²) in [6.45, 7) is 2.35. The molecule has 262 valence electrons. The molecular weight excluding hydrogens is 716 g/mol. The summed E-state index contributed by atoms with van der Waals surface area (Å²) in [5, 5.41) is 6.53. The molecule has 2 atom stereocenters. The monoisotopic (exact) mass is 753 g/mol. The van der Waals surface area contributed by atoms with E-state index in [4.69, 9.17) is 60.7 Å². The number of ether oxygens (including phenoxy) is 2. The van der Waals surface area contributed by atoms with Crippen LogP contribution in [-0.2, 0) is 32.8 Å². The van der Waals surface area contributed by atoms with Crippen LogP contribution >= 0.6 is 46.4 Å². The third-order valence-electron chi connectivity index (χ3n) is 9.79. The topological polar surface area (TPSA) is 63.6 Å². The maximum Gasteiger partial charge on any atom is 0.414 e. The molecule has 4 aromatic rings. The Kier molecular flexibility index (Phi) is 11.9. The largest absolute Gasteiger partial charge is 0.444 e. The number of carbonyl (C=O) groups excluding carboxylic acids is 1. The lowest BCUT2D eigenvalue weighted by Gasteiger charge is -2.43. The molecule has 2 unspecified atom stereocenters. The molecule has 2 heterocycles. The summed E-state index contributed by atoms with van der Waals surface area (Å²) < 4.78 is 12.0. The minimum atomic E-state index is -0.328. The van der Waals surface area contributed by atoms with Crippen molar-refractivity contribution in [3.05, 3.63) is 133 Å². The first-order valence-corrected chi connectivity index (χ1v) is 18.1. The van der Waals surface area contributed by atoms with Crippen LogP contribution in [0.4, 0.5) is 10.5 Å². The van der Waals surface area contributed by atoms with Crippen LogP contribution in [0.25, 0.3) is 0 Å². The van der Waals surface area contributed by atoms with Gasteiger partial charge in [-0.25, -0.2) is 4.79 Å². The van der Waals surface area contributed by atoms with Crippen LogP contribution < -0.4 is 4.90 Å². The number of hydrogen-bond acceptors (Lipinski definition) is 6. The van der Waals surface area contributed by atoms with E-state index in [-0.39, 0.29) is 30.3 Å². The van der Waals surface area contributed by atoms with Crippen molar-refractivity contribution in [2.75, 3.05) is 38.8 Å². The Bertz CT molecular complexity index is 1810. The van der Waals surface area contributed by atoms with Crippen molar-refractivity contribution >= 4 is 63.9 Å². The molecule has 11 heteroatoms. The number of hydrogen-bond donors (Lipinski definition) is 0. The molecule has 6 rings (SSSR count). The molecule has 7 nitrogen and oxygen atoms in total. The molecule has 1 amide bonds. The second-order valence-electron chi connectivity index (χ2n) is 12.8. The number of benzene rings is 4. The second-order valence-corrected chi connectivity index (χ2v) is 14.5. The van der Waals surface area contributed by atoms with E-state index in [9.17, 15) is 4.79 Å². The Balaban J connectivity index is 1.21. The predicted molar refractivity (Wildman–Crippen MR) is 202 cm³/mol. The van der Waals surface area contributed by atoms with Gasteiger partial charge in [-0.3, -0.25) is 9.80 Å². The van der Waals surface area contributed by atoms with Crippen LogP contribution in [0.2, 0.25) is 20.1 Å². The van der Waals surface area contributed by atoms with Gasteiger partial charge in [0.25, 0.3) is 0 Å². The van der Waals surface area contributed by atoms with Crippen molar-refractivity contribution in [1.29, 1.82) is 0 Å². The first kappa shape index (κ1) is 36.5. The van der Waals surface area contributed by atoms with Crippen LogP contribution in [-0.4, -0.2) is 56.8 Å². The molecule has 0 radical (unpaired) electrons. The fourth-order valence-corrected chi connectivity index (χ4v) is 8.18. The van der Waals surface area contributed by atoms with E-state index in [1.807, 2.05) is 66.7 Å². The zero-order valence-electron chi connectivity index (χ0n) is 28.0. The summed E-state index contributed by atoms with van der Waals surface area (Å²) in [6.07, 6.45) is 2.15. The lowest BCUT2D eigenvalue weighted by molar-refractivity contribution is -0.0558. The fraction of sp³-hybridized carbons (Fsp3) is 0.333. The predicted octanol–water partition coefficient (Wildman–Crippen LogP) is 10.2. The van der Waals surface area contributed by atoms with Gasteiger partial charge in [0.05, 0.1) is 21.4 Å². The number of nitrogens with zero attached hydrogens (tertiary/aromatic N) is 3. The van der Waals surface area contributed by atoms with Gasteiger partial charge in [0.2, 0.25) is 0 Å². The first-order valence-electron chi connectivity index (χ1n) is 16.5. The molecule has 0 aromatic heterocycles. The molecular formula is C39H39Cl4N3O4. The first-order chi connectivity index (χ1) is 24.2. The van der Waals surface area contributed by atoms with Crippen molar-refractivity contribution in [3.63, 3.8) is 0 Å². The van der Waals surface area contributed by atoms with Crippen LogP contribution in [0.15, 0.2) is 96.2 Å². The van der Waals surface area contributed by atoms with Gasteiger partial charge in [-0.1, -0.05) is 106 Å². The number of para-hydroxylation sites is 1. The summed E-state index contributed by atoms with van der Waals surface area (Å²) in [6, 6.07) is 29.0. The third kappa shape index (κ3) is 8.25. The van der Waals surface area contributed by atoms with Gasteiger partial charge in [0.15, 0.2) is 0 Å². The highest BCUT2D eigenvalue weighted by Crippen LogP contribution is 2.48. The van der Waals surface area contributed by atoms with Crippen molar-refractivity contribution < 1.29 is 19.1 Å². The Morgan fingerprint density at radius 3 is 2.22 bits per heavy atom. The summed E-state index contributed by atoms with van der Waals surface area (Å²) >= 11 is 25.6. The van der Waals surface area contributed by atoms with E-state index in [0.29, 0.717) is 39.5 Å². The maximum atomic E-state index is 13.4. The molecule has 1 saturated heterocycles. The summed E-state index contributed by atoms with van der Waals surface area (Å²) in [7, 11) is 3.27. The lowest BCUT2D eigenvalue weighted by Crippen LogP contribution is -2.50. The molecule has 2 aliphatic heterocycles. The van der Waals surface area contributed by atoms with Gasteiger partial charge < -0.3 is 14.3 Å². The summed E-state index contributed by atoms with van der Waals surface area (Å²) in [5.41, 5.74) is 5.49. The van der Waals surface area contributed by atoms with Crippen LogP contribution in [0.3, 0.4) is 0 Å². The molecule has 4 aromatic carbocycles.